The molecule has 0 amide bonds. The lowest BCUT2D eigenvalue weighted by molar-refractivity contribution is -0.385. The molecule has 1 aromatic heterocycles. The first-order valence-corrected chi connectivity index (χ1v) is 3.49. The molecule has 1 aliphatic heterocycles. The van der Waals surface area contributed by atoms with E-state index in [1.165, 1.54) is 6.07 Å². The lowest BCUT2D eigenvalue weighted by Gasteiger charge is -1.92. The molecule has 2 rings (SSSR count). The van der Waals surface area contributed by atoms with Crippen molar-refractivity contribution in [3.63, 3.8) is 0 Å². The van der Waals surface area contributed by atoms with Crippen molar-refractivity contribution in [2.75, 3.05) is 0 Å². The van der Waals surface area contributed by atoms with Gasteiger partial charge in [0.2, 0.25) is 0 Å². The molecule has 13 heavy (non-hydrogen) atoms. The summed E-state index contributed by atoms with van der Waals surface area (Å²) in [6.07, 6.45) is 1.05. The van der Waals surface area contributed by atoms with E-state index in [0.717, 1.165) is 6.20 Å². The van der Waals surface area contributed by atoms with Gasteiger partial charge in [0.25, 0.3) is 5.69 Å². The molecule has 2 heterocycles. The Morgan fingerprint density at radius 2 is 2.38 bits per heavy atom. The maximum absolute atomic E-state index is 10.9. The number of hydrogen-bond donors (Lipinski definition) is 0. The molecule has 0 unspecified atom stereocenters. The van der Waals surface area contributed by atoms with Gasteiger partial charge < -0.3 is 4.74 Å². The Hall–Kier alpha value is -1.98. The molecule has 0 bridgehead atoms. The van der Waals surface area contributed by atoms with Gasteiger partial charge in [-0.05, 0) is 0 Å². The number of carbonyl (C=O) groups excluding carboxylic acids is 1. The zero-order chi connectivity index (χ0) is 9.42. The van der Waals surface area contributed by atoms with Crippen molar-refractivity contribution in [2.24, 2.45) is 0 Å². The third kappa shape index (κ3) is 1.12. The third-order valence-corrected chi connectivity index (χ3v) is 1.72. The van der Waals surface area contributed by atoms with Crippen LogP contribution in [0.4, 0.5) is 5.69 Å². The Balaban J connectivity index is 2.51. The highest BCUT2D eigenvalue weighted by atomic mass is 16.6. The molecule has 1 aromatic rings. The molecule has 0 fully saturated rings. The third-order valence-electron chi connectivity index (χ3n) is 1.72. The fourth-order valence-electron chi connectivity index (χ4n) is 1.10. The van der Waals surface area contributed by atoms with Gasteiger partial charge in [0.05, 0.1) is 4.92 Å². The number of nitrogens with zero attached hydrogens (tertiary/aromatic N) is 2. The van der Waals surface area contributed by atoms with Crippen molar-refractivity contribution in [3.8, 4) is 0 Å². The minimum atomic E-state index is -0.559. The van der Waals surface area contributed by atoms with Crippen LogP contribution in [0.5, 0.6) is 0 Å². The molecule has 1 aliphatic rings. The van der Waals surface area contributed by atoms with Crippen LogP contribution < -0.4 is 0 Å². The maximum Gasteiger partial charge on any atom is 0.357 e. The Morgan fingerprint density at radius 3 is 3.08 bits per heavy atom. The average molecular weight is 180 g/mol. The minimum Gasteiger partial charge on any atom is -0.456 e. The van der Waals surface area contributed by atoms with Crippen molar-refractivity contribution < 1.29 is 14.5 Å². The fraction of sp³-hybridized carbons (Fsp3) is 0.143. The molecule has 0 N–H and O–H groups in total. The van der Waals surface area contributed by atoms with Crippen LogP contribution >= 0.6 is 0 Å². The summed E-state index contributed by atoms with van der Waals surface area (Å²) in [7, 11) is 0. The first-order valence-electron chi connectivity index (χ1n) is 3.49. The van der Waals surface area contributed by atoms with Gasteiger partial charge in [-0.15, -0.1) is 0 Å². The molecule has 0 atom stereocenters. The first kappa shape index (κ1) is 7.66. The largest absolute Gasteiger partial charge is 0.456 e. The van der Waals surface area contributed by atoms with E-state index in [4.69, 9.17) is 0 Å². The number of aromatic nitrogens is 1. The topological polar surface area (TPSA) is 82.3 Å². The quantitative estimate of drug-likeness (QED) is 0.360. The van der Waals surface area contributed by atoms with Crippen LogP contribution in [0, 0.1) is 10.1 Å². The summed E-state index contributed by atoms with van der Waals surface area (Å²) in [4.78, 5) is 24.3. The Kier molecular flexibility index (Phi) is 1.48. The Labute approximate surface area is 72.3 Å². The molecule has 6 heteroatoms. The van der Waals surface area contributed by atoms with Crippen LogP contribution in [0.3, 0.4) is 0 Å². The second-order valence-corrected chi connectivity index (χ2v) is 2.53. The lowest BCUT2D eigenvalue weighted by atomic mass is 10.2. The molecule has 6 nitrogen and oxygen atoms in total. The summed E-state index contributed by atoms with van der Waals surface area (Å²) < 4.78 is 4.63. The van der Waals surface area contributed by atoms with Crippen LogP contribution in [0.2, 0.25) is 0 Å². The van der Waals surface area contributed by atoms with Crippen LogP contribution in [0.15, 0.2) is 12.3 Å². The summed E-state index contributed by atoms with van der Waals surface area (Å²) in [5.41, 5.74) is 0.516. The normalized spacial score (nSPS) is 13.7. The van der Waals surface area contributed by atoms with Gasteiger partial charge in [-0.1, -0.05) is 0 Å². The summed E-state index contributed by atoms with van der Waals surface area (Å²) >= 11 is 0. The van der Waals surface area contributed by atoms with Crippen LogP contribution in [-0.2, 0) is 11.3 Å². The first-order chi connectivity index (χ1) is 6.18. The zero-order valence-electron chi connectivity index (χ0n) is 6.39. The molecule has 66 valence electrons. The minimum absolute atomic E-state index is 0.0723. The number of carbonyl (C=O) groups is 1. The second-order valence-electron chi connectivity index (χ2n) is 2.53. The van der Waals surface area contributed by atoms with E-state index in [9.17, 15) is 14.9 Å². The van der Waals surface area contributed by atoms with Crippen molar-refractivity contribution >= 4 is 11.7 Å². The predicted molar refractivity (Wildman–Crippen MR) is 40.0 cm³/mol. The standard InChI is InChI=1S/C7H4N2O4/c10-7-6-4(3-13-7)1-5(2-8-6)9(11)12/h1-2H,3H2. The van der Waals surface area contributed by atoms with Crippen LogP contribution in [0.1, 0.15) is 16.1 Å². The number of fused-ring (bicyclic) bond motifs is 1. The van der Waals surface area contributed by atoms with Gasteiger partial charge in [-0.3, -0.25) is 10.1 Å². The molecule has 0 radical (unpaired) electrons. The second kappa shape index (κ2) is 2.51. The molecular formula is C7H4N2O4. The van der Waals surface area contributed by atoms with Crippen molar-refractivity contribution in [1.82, 2.24) is 4.98 Å². The number of rotatable bonds is 1. The molecule has 0 spiro atoms. The van der Waals surface area contributed by atoms with Crippen LogP contribution in [-0.4, -0.2) is 15.9 Å². The Morgan fingerprint density at radius 1 is 1.62 bits per heavy atom. The molecule has 0 aliphatic carbocycles. The average Bonchev–Trinajstić information content (AvgIpc) is 2.47. The zero-order valence-corrected chi connectivity index (χ0v) is 6.39. The van der Waals surface area contributed by atoms with E-state index < -0.39 is 10.9 Å². The lowest BCUT2D eigenvalue weighted by Crippen LogP contribution is -1.98. The summed E-state index contributed by atoms with van der Waals surface area (Å²) in [5, 5.41) is 10.3. The monoisotopic (exact) mass is 180 g/mol. The Bertz CT molecular complexity index is 401. The predicted octanol–water partition coefficient (Wildman–Crippen LogP) is 0.660. The van der Waals surface area contributed by atoms with Gasteiger partial charge in [-0.25, -0.2) is 9.78 Å². The molecule has 0 aromatic carbocycles. The number of esters is 1. The van der Waals surface area contributed by atoms with Crippen molar-refractivity contribution in [2.45, 2.75) is 6.61 Å². The number of pyridine rings is 1. The highest BCUT2D eigenvalue weighted by Crippen LogP contribution is 2.21. The maximum atomic E-state index is 10.9. The van der Waals surface area contributed by atoms with Gasteiger partial charge in [0.1, 0.15) is 12.8 Å². The van der Waals surface area contributed by atoms with E-state index in [2.05, 4.69) is 9.72 Å². The van der Waals surface area contributed by atoms with Gasteiger partial charge in [0.15, 0.2) is 5.69 Å². The molecular weight excluding hydrogens is 176 g/mol. The van der Waals surface area contributed by atoms with Crippen molar-refractivity contribution in [1.29, 1.82) is 0 Å². The van der Waals surface area contributed by atoms with Gasteiger partial charge in [0, 0.05) is 11.6 Å². The van der Waals surface area contributed by atoms with Gasteiger partial charge in [-0.2, -0.15) is 0 Å². The van der Waals surface area contributed by atoms with Crippen molar-refractivity contribution in [3.05, 3.63) is 33.6 Å². The van der Waals surface area contributed by atoms with E-state index in [0.29, 0.717) is 5.56 Å². The highest BCUT2D eigenvalue weighted by molar-refractivity contribution is 5.91. The van der Waals surface area contributed by atoms with E-state index >= 15 is 0 Å². The van der Waals surface area contributed by atoms with E-state index in [1.54, 1.807) is 0 Å². The van der Waals surface area contributed by atoms with Gasteiger partial charge >= 0.3 is 5.97 Å². The summed E-state index contributed by atoms with van der Waals surface area (Å²) in [6, 6.07) is 1.30. The van der Waals surface area contributed by atoms with E-state index in [-0.39, 0.29) is 18.0 Å². The number of hydrogen-bond acceptors (Lipinski definition) is 5. The number of cyclic esters (lactones) is 1. The summed E-state index contributed by atoms with van der Waals surface area (Å²) in [6.45, 7) is 0.0723. The van der Waals surface area contributed by atoms with E-state index in [1.807, 2.05) is 0 Å². The SMILES string of the molecule is O=C1OCc2cc([N+](=O)[O-])cnc21. The highest BCUT2D eigenvalue weighted by Gasteiger charge is 2.24. The molecule has 0 saturated carbocycles. The molecule has 0 saturated heterocycles. The fourth-order valence-corrected chi connectivity index (χ4v) is 1.10. The summed E-state index contributed by atoms with van der Waals surface area (Å²) in [5.74, 6) is -0.523. The number of nitro groups is 1. The van der Waals surface area contributed by atoms with Crippen LogP contribution in [0.25, 0.3) is 0 Å². The number of ether oxygens (including phenoxy) is 1. The smallest absolute Gasteiger partial charge is 0.357 e.